The Bertz CT molecular complexity index is 653. The van der Waals surface area contributed by atoms with Gasteiger partial charge >= 0.3 is 0 Å². The van der Waals surface area contributed by atoms with Crippen molar-refractivity contribution in [3.8, 4) is 0 Å². The standard InChI is InChI=1S/C15H22N2O5S/c1-3-17(13-6-8-23(20,21)11-13)15(19)10-16(12(2)18)9-14-5-4-7-22-14/h4-5,7,13H,3,6,8-11H2,1-2H3. The lowest BCUT2D eigenvalue weighted by Crippen LogP contribution is -2.46. The molecule has 0 saturated carbocycles. The summed E-state index contributed by atoms with van der Waals surface area (Å²) >= 11 is 0. The number of likely N-dealkylation sites (N-methyl/N-ethyl adjacent to an activating group) is 1. The summed E-state index contributed by atoms with van der Waals surface area (Å²) in [6.45, 7) is 3.76. The van der Waals surface area contributed by atoms with Crippen LogP contribution in [0.2, 0.25) is 0 Å². The molecule has 23 heavy (non-hydrogen) atoms. The number of carbonyl (C=O) groups excluding carboxylic acids is 2. The van der Waals surface area contributed by atoms with Gasteiger partial charge in [0.2, 0.25) is 11.8 Å². The fraction of sp³-hybridized carbons (Fsp3) is 0.600. The molecule has 0 radical (unpaired) electrons. The number of hydrogen-bond donors (Lipinski definition) is 0. The Morgan fingerprint density at radius 2 is 2.13 bits per heavy atom. The first kappa shape index (κ1) is 17.5. The van der Waals surface area contributed by atoms with Crippen molar-refractivity contribution in [2.45, 2.75) is 32.9 Å². The zero-order valence-electron chi connectivity index (χ0n) is 13.4. The summed E-state index contributed by atoms with van der Waals surface area (Å²) in [5.74, 6) is 0.246. The van der Waals surface area contributed by atoms with Crippen LogP contribution in [0.15, 0.2) is 22.8 Å². The number of carbonyl (C=O) groups is 2. The highest BCUT2D eigenvalue weighted by Gasteiger charge is 2.34. The zero-order valence-corrected chi connectivity index (χ0v) is 14.2. The van der Waals surface area contributed by atoms with Gasteiger partial charge in [0, 0.05) is 19.5 Å². The average molecular weight is 342 g/mol. The Morgan fingerprint density at radius 1 is 1.39 bits per heavy atom. The highest BCUT2D eigenvalue weighted by atomic mass is 32.2. The summed E-state index contributed by atoms with van der Waals surface area (Å²) in [6.07, 6.45) is 1.97. The van der Waals surface area contributed by atoms with E-state index in [0.29, 0.717) is 18.7 Å². The van der Waals surface area contributed by atoms with E-state index < -0.39 is 9.84 Å². The number of sulfone groups is 1. The van der Waals surface area contributed by atoms with Gasteiger partial charge in [0.05, 0.1) is 24.3 Å². The van der Waals surface area contributed by atoms with E-state index in [4.69, 9.17) is 4.42 Å². The SMILES string of the molecule is CCN(C(=O)CN(Cc1ccco1)C(C)=O)C1CCS(=O)(=O)C1. The fourth-order valence-corrected chi connectivity index (χ4v) is 4.51. The van der Waals surface area contributed by atoms with Crippen LogP contribution in [-0.2, 0) is 26.0 Å². The van der Waals surface area contributed by atoms with Crippen LogP contribution in [0.1, 0.15) is 26.0 Å². The van der Waals surface area contributed by atoms with E-state index in [9.17, 15) is 18.0 Å². The highest BCUT2D eigenvalue weighted by Crippen LogP contribution is 2.18. The van der Waals surface area contributed by atoms with Gasteiger partial charge in [-0.05, 0) is 25.5 Å². The molecule has 1 aromatic heterocycles. The van der Waals surface area contributed by atoms with E-state index >= 15 is 0 Å². The van der Waals surface area contributed by atoms with Crippen molar-refractivity contribution < 1.29 is 22.4 Å². The fourth-order valence-electron chi connectivity index (χ4n) is 2.78. The average Bonchev–Trinajstić information content (AvgIpc) is 3.08. The Kier molecular flexibility index (Phi) is 5.46. The lowest BCUT2D eigenvalue weighted by atomic mass is 10.2. The Labute approximate surface area is 136 Å². The second-order valence-electron chi connectivity index (χ2n) is 5.69. The molecule has 2 amide bonds. The molecule has 1 fully saturated rings. The lowest BCUT2D eigenvalue weighted by Gasteiger charge is -2.29. The largest absolute Gasteiger partial charge is 0.467 e. The van der Waals surface area contributed by atoms with Gasteiger partial charge in [0.1, 0.15) is 12.3 Å². The van der Waals surface area contributed by atoms with Crippen LogP contribution in [0.4, 0.5) is 0 Å². The van der Waals surface area contributed by atoms with Crippen LogP contribution in [-0.4, -0.2) is 60.7 Å². The first-order valence-corrected chi connectivity index (χ1v) is 9.42. The van der Waals surface area contributed by atoms with Crippen molar-refractivity contribution in [2.75, 3.05) is 24.6 Å². The Hall–Kier alpha value is -1.83. The molecule has 1 atom stereocenters. The van der Waals surface area contributed by atoms with Crippen LogP contribution in [0.3, 0.4) is 0 Å². The maximum absolute atomic E-state index is 12.5. The van der Waals surface area contributed by atoms with Crippen molar-refractivity contribution in [1.82, 2.24) is 9.80 Å². The summed E-state index contributed by atoms with van der Waals surface area (Å²) in [4.78, 5) is 27.2. The molecule has 0 spiro atoms. The third-order valence-electron chi connectivity index (χ3n) is 4.01. The van der Waals surface area contributed by atoms with Crippen molar-refractivity contribution >= 4 is 21.7 Å². The predicted molar refractivity (Wildman–Crippen MR) is 84.2 cm³/mol. The molecular formula is C15H22N2O5S. The first-order valence-electron chi connectivity index (χ1n) is 7.60. The maximum atomic E-state index is 12.5. The van der Waals surface area contributed by atoms with Gasteiger partial charge in [0.15, 0.2) is 9.84 Å². The number of amides is 2. The molecule has 1 aliphatic rings. The van der Waals surface area contributed by atoms with E-state index in [1.807, 2.05) is 6.92 Å². The molecule has 0 bridgehead atoms. The summed E-state index contributed by atoms with van der Waals surface area (Å²) < 4.78 is 28.4. The highest BCUT2D eigenvalue weighted by molar-refractivity contribution is 7.91. The van der Waals surface area contributed by atoms with Crippen LogP contribution in [0.5, 0.6) is 0 Å². The van der Waals surface area contributed by atoms with Gasteiger partial charge in [-0.3, -0.25) is 9.59 Å². The Balaban J connectivity index is 2.03. The summed E-state index contributed by atoms with van der Waals surface area (Å²) in [7, 11) is -3.06. The van der Waals surface area contributed by atoms with Gasteiger partial charge in [-0.15, -0.1) is 0 Å². The summed E-state index contributed by atoms with van der Waals surface area (Å²) in [5, 5.41) is 0. The molecule has 2 rings (SSSR count). The molecule has 7 nitrogen and oxygen atoms in total. The van der Waals surface area contributed by atoms with E-state index in [1.165, 1.54) is 18.1 Å². The van der Waals surface area contributed by atoms with Gasteiger partial charge in [-0.1, -0.05) is 0 Å². The quantitative estimate of drug-likeness (QED) is 0.758. The van der Waals surface area contributed by atoms with Crippen molar-refractivity contribution in [2.24, 2.45) is 0 Å². The molecule has 0 aliphatic carbocycles. The molecule has 1 unspecified atom stereocenters. The van der Waals surface area contributed by atoms with Gasteiger partial charge in [0.25, 0.3) is 0 Å². The second kappa shape index (κ2) is 7.16. The van der Waals surface area contributed by atoms with Crippen LogP contribution in [0.25, 0.3) is 0 Å². The van der Waals surface area contributed by atoms with E-state index in [0.717, 1.165) is 0 Å². The smallest absolute Gasteiger partial charge is 0.242 e. The van der Waals surface area contributed by atoms with Gasteiger partial charge in [-0.2, -0.15) is 0 Å². The van der Waals surface area contributed by atoms with Gasteiger partial charge in [-0.25, -0.2) is 8.42 Å². The maximum Gasteiger partial charge on any atom is 0.242 e. The normalized spacial score (nSPS) is 19.5. The van der Waals surface area contributed by atoms with Crippen molar-refractivity contribution in [1.29, 1.82) is 0 Å². The van der Waals surface area contributed by atoms with Crippen LogP contribution < -0.4 is 0 Å². The minimum absolute atomic E-state index is 0.00480. The minimum Gasteiger partial charge on any atom is -0.467 e. The lowest BCUT2D eigenvalue weighted by molar-refractivity contribution is -0.141. The van der Waals surface area contributed by atoms with Crippen LogP contribution >= 0.6 is 0 Å². The predicted octanol–water partition coefficient (Wildman–Crippen LogP) is 0.664. The third kappa shape index (κ3) is 4.57. The van der Waals surface area contributed by atoms with E-state index in [-0.39, 0.29) is 42.5 Å². The van der Waals surface area contributed by atoms with Crippen molar-refractivity contribution in [3.05, 3.63) is 24.2 Å². The van der Waals surface area contributed by atoms with Crippen molar-refractivity contribution in [3.63, 3.8) is 0 Å². The van der Waals surface area contributed by atoms with E-state index in [2.05, 4.69) is 0 Å². The molecule has 8 heteroatoms. The topological polar surface area (TPSA) is 87.9 Å². The molecule has 0 aromatic carbocycles. The number of furan rings is 1. The zero-order chi connectivity index (χ0) is 17.0. The number of rotatable bonds is 6. The number of nitrogens with zero attached hydrogens (tertiary/aromatic N) is 2. The summed E-state index contributed by atoms with van der Waals surface area (Å²) in [5.41, 5.74) is 0. The molecular weight excluding hydrogens is 320 g/mol. The summed E-state index contributed by atoms with van der Waals surface area (Å²) in [6, 6.07) is 3.16. The molecule has 1 aliphatic heterocycles. The molecule has 1 aromatic rings. The molecule has 128 valence electrons. The first-order chi connectivity index (χ1) is 10.8. The second-order valence-corrected chi connectivity index (χ2v) is 7.92. The Morgan fingerprint density at radius 3 is 2.61 bits per heavy atom. The number of hydrogen-bond acceptors (Lipinski definition) is 5. The van der Waals surface area contributed by atoms with E-state index in [1.54, 1.807) is 17.0 Å². The molecule has 2 heterocycles. The minimum atomic E-state index is -3.06. The molecule has 1 saturated heterocycles. The monoisotopic (exact) mass is 342 g/mol. The van der Waals surface area contributed by atoms with Gasteiger partial charge < -0.3 is 14.2 Å². The van der Waals surface area contributed by atoms with Crippen LogP contribution in [0, 0.1) is 0 Å². The molecule has 0 N–H and O–H groups in total. The third-order valence-corrected chi connectivity index (χ3v) is 5.76.